The van der Waals surface area contributed by atoms with Crippen molar-refractivity contribution in [1.82, 2.24) is 19.8 Å². The third-order valence-electron chi connectivity index (χ3n) is 5.62. The number of hydrogen-bond donors (Lipinski definition) is 0. The molecule has 0 radical (unpaired) electrons. The van der Waals surface area contributed by atoms with Crippen molar-refractivity contribution >= 4 is 41.0 Å². The zero-order valence-corrected chi connectivity index (χ0v) is 20.0. The van der Waals surface area contributed by atoms with Crippen molar-refractivity contribution in [2.75, 3.05) is 56.6 Å². The molecule has 10 heteroatoms. The van der Waals surface area contributed by atoms with Gasteiger partial charge in [0.1, 0.15) is 11.0 Å². The lowest BCUT2D eigenvalue weighted by molar-refractivity contribution is -0.134. The van der Waals surface area contributed by atoms with E-state index in [1.807, 2.05) is 4.90 Å². The van der Waals surface area contributed by atoms with Gasteiger partial charge in [-0.05, 0) is 13.3 Å². The monoisotopic (exact) mass is 469 g/mol. The molecule has 0 aliphatic carbocycles. The van der Waals surface area contributed by atoms with Crippen molar-refractivity contribution in [2.24, 2.45) is 0 Å². The zero-order valence-electron chi connectivity index (χ0n) is 18.4. The fraction of sp³-hybridized carbons (Fsp3) is 0.714. The van der Waals surface area contributed by atoms with Gasteiger partial charge in [-0.25, -0.2) is 9.97 Å². The van der Waals surface area contributed by atoms with E-state index < -0.39 is 0 Å². The number of hydrogen-bond acceptors (Lipinski definition) is 7. The lowest BCUT2D eigenvalue weighted by Gasteiger charge is -2.40. The van der Waals surface area contributed by atoms with Gasteiger partial charge in [0.05, 0.1) is 19.0 Å². The van der Waals surface area contributed by atoms with Gasteiger partial charge in [0, 0.05) is 51.3 Å². The largest absolute Gasteiger partial charge is 0.378 e. The summed E-state index contributed by atoms with van der Waals surface area (Å²) in [6.45, 7) is 8.70. The fourth-order valence-corrected chi connectivity index (χ4v) is 4.83. The average molecular weight is 470 g/mol. The number of nitrogens with zero attached hydrogens (tertiary/aromatic N) is 5. The number of amides is 2. The SMILES string of the molecule is CCCCCC(=O)N1CCN(c2cc(Cl)nc(SCC(=O)N3CCOCC3)n2)CC1C. The highest BCUT2D eigenvalue weighted by Gasteiger charge is 2.28. The number of aromatic nitrogens is 2. The van der Waals surface area contributed by atoms with Gasteiger partial charge in [0.2, 0.25) is 11.8 Å². The van der Waals surface area contributed by atoms with Crippen molar-refractivity contribution in [3.05, 3.63) is 11.2 Å². The summed E-state index contributed by atoms with van der Waals surface area (Å²) in [4.78, 5) is 39.8. The molecule has 2 fully saturated rings. The van der Waals surface area contributed by atoms with Gasteiger partial charge in [-0.2, -0.15) is 0 Å². The Labute approximate surface area is 193 Å². The first kappa shape index (κ1) is 24.1. The van der Waals surface area contributed by atoms with E-state index in [2.05, 4.69) is 28.7 Å². The molecule has 1 unspecified atom stereocenters. The Hall–Kier alpha value is -1.58. The number of thioether (sulfide) groups is 1. The average Bonchev–Trinajstić information content (AvgIpc) is 2.77. The van der Waals surface area contributed by atoms with Crippen LogP contribution in [0.15, 0.2) is 11.2 Å². The van der Waals surface area contributed by atoms with Crippen LogP contribution in [0.4, 0.5) is 5.82 Å². The molecule has 2 aliphatic rings. The summed E-state index contributed by atoms with van der Waals surface area (Å²) in [6, 6.07) is 1.86. The number of unbranched alkanes of at least 4 members (excludes halogenated alkanes) is 2. The molecule has 31 heavy (non-hydrogen) atoms. The minimum absolute atomic E-state index is 0.0576. The first-order chi connectivity index (χ1) is 15.0. The van der Waals surface area contributed by atoms with Crippen LogP contribution in [0.3, 0.4) is 0 Å². The molecule has 0 N–H and O–H groups in total. The standard InChI is InChI=1S/C21H32ClN5O3S/c1-3-4-5-6-19(28)27-8-7-26(14-16(27)2)18-13-17(22)23-21(24-18)31-15-20(29)25-9-11-30-12-10-25/h13,16H,3-12,14-15H2,1-2H3. The summed E-state index contributed by atoms with van der Waals surface area (Å²) < 4.78 is 5.29. The molecular formula is C21H32ClN5O3S. The van der Waals surface area contributed by atoms with Crippen LogP contribution in [0.25, 0.3) is 0 Å². The smallest absolute Gasteiger partial charge is 0.233 e. The maximum absolute atomic E-state index is 12.5. The van der Waals surface area contributed by atoms with Crippen molar-refractivity contribution in [2.45, 2.75) is 50.7 Å². The first-order valence-corrected chi connectivity index (χ1v) is 12.4. The summed E-state index contributed by atoms with van der Waals surface area (Å²) in [5.74, 6) is 1.31. The summed E-state index contributed by atoms with van der Waals surface area (Å²) in [5, 5.41) is 0.854. The molecule has 0 spiro atoms. The van der Waals surface area contributed by atoms with Crippen LogP contribution < -0.4 is 4.90 Å². The van der Waals surface area contributed by atoms with Gasteiger partial charge in [0.15, 0.2) is 5.16 Å². The van der Waals surface area contributed by atoms with E-state index in [-0.39, 0.29) is 23.6 Å². The van der Waals surface area contributed by atoms with Crippen LogP contribution in [0.2, 0.25) is 5.15 Å². The van der Waals surface area contributed by atoms with Crippen LogP contribution in [0.1, 0.15) is 39.5 Å². The molecule has 3 heterocycles. The van der Waals surface area contributed by atoms with Gasteiger partial charge < -0.3 is 19.4 Å². The third-order valence-corrected chi connectivity index (χ3v) is 6.64. The molecule has 1 aromatic rings. The molecule has 172 valence electrons. The molecule has 0 bridgehead atoms. The maximum Gasteiger partial charge on any atom is 0.233 e. The van der Waals surface area contributed by atoms with Gasteiger partial charge in [0.25, 0.3) is 0 Å². The molecule has 0 saturated carbocycles. The second-order valence-corrected chi connectivity index (χ2v) is 9.28. The van der Waals surface area contributed by atoms with Gasteiger partial charge in [-0.3, -0.25) is 9.59 Å². The van der Waals surface area contributed by atoms with E-state index >= 15 is 0 Å². The Kier molecular flexibility index (Phi) is 9.22. The summed E-state index contributed by atoms with van der Waals surface area (Å²) in [7, 11) is 0. The molecule has 1 aromatic heterocycles. The number of piperazine rings is 1. The van der Waals surface area contributed by atoms with Crippen LogP contribution in [-0.4, -0.2) is 89.3 Å². The van der Waals surface area contributed by atoms with E-state index in [4.69, 9.17) is 16.3 Å². The quantitative estimate of drug-likeness (QED) is 0.250. The first-order valence-electron chi connectivity index (χ1n) is 11.0. The number of morpholine rings is 1. The van der Waals surface area contributed by atoms with E-state index in [0.29, 0.717) is 62.7 Å². The van der Waals surface area contributed by atoms with Crippen molar-refractivity contribution in [3.63, 3.8) is 0 Å². The molecule has 1 atom stereocenters. The molecule has 8 nitrogen and oxygen atoms in total. The highest BCUT2D eigenvalue weighted by Crippen LogP contribution is 2.24. The van der Waals surface area contributed by atoms with Gasteiger partial charge >= 0.3 is 0 Å². The highest BCUT2D eigenvalue weighted by molar-refractivity contribution is 7.99. The van der Waals surface area contributed by atoms with Gasteiger partial charge in [-0.15, -0.1) is 0 Å². The van der Waals surface area contributed by atoms with Crippen molar-refractivity contribution in [1.29, 1.82) is 0 Å². The minimum Gasteiger partial charge on any atom is -0.378 e. The fourth-order valence-electron chi connectivity index (χ4n) is 3.85. The number of ether oxygens (including phenoxy) is 1. The second kappa shape index (κ2) is 11.9. The van der Waals surface area contributed by atoms with E-state index in [1.54, 1.807) is 11.0 Å². The van der Waals surface area contributed by atoms with Crippen molar-refractivity contribution in [3.8, 4) is 0 Å². The summed E-state index contributed by atoms with van der Waals surface area (Å²) in [6.07, 6.45) is 3.78. The Morgan fingerprint density at radius 2 is 1.94 bits per heavy atom. The predicted molar refractivity (Wildman–Crippen MR) is 123 cm³/mol. The highest BCUT2D eigenvalue weighted by atomic mass is 35.5. The maximum atomic E-state index is 12.5. The lowest BCUT2D eigenvalue weighted by Crippen LogP contribution is -2.54. The van der Waals surface area contributed by atoms with Crippen LogP contribution >= 0.6 is 23.4 Å². The van der Waals surface area contributed by atoms with Crippen molar-refractivity contribution < 1.29 is 14.3 Å². The number of anilines is 1. The Bertz CT molecular complexity index is 763. The van der Waals surface area contributed by atoms with Gasteiger partial charge in [-0.1, -0.05) is 43.1 Å². The topological polar surface area (TPSA) is 78.9 Å². The second-order valence-electron chi connectivity index (χ2n) is 7.95. The Morgan fingerprint density at radius 3 is 2.65 bits per heavy atom. The normalized spacial score (nSPS) is 19.6. The molecule has 3 rings (SSSR count). The van der Waals surface area contributed by atoms with Crippen LogP contribution in [-0.2, 0) is 14.3 Å². The third kappa shape index (κ3) is 6.95. The number of rotatable bonds is 8. The number of carbonyl (C=O) groups excluding carboxylic acids is 2. The molecular weight excluding hydrogens is 438 g/mol. The van der Waals surface area contributed by atoms with Crippen LogP contribution in [0.5, 0.6) is 0 Å². The van der Waals surface area contributed by atoms with E-state index in [9.17, 15) is 9.59 Å². The lowest BCUT2D eigenvalue weighted by atomic mass is 10.1. The Balaban J connectivity index is 1.56. The molecule has 2 aliphatic heterocycles. The zero-order chi connectivity index (χ0) is 22.2. The summed E-state index contributed by atoms with van der Waals surface area (Å²) >= 11 is 7.55. The minimum atomic E-state index is 0.0576. The van der Waals surface area contributed by atoms with Crippen LogP contribution in [0, 0.1) is 0 Å². The molecule has 0 aromatic carbocycles. The summed E-state index contributed by atoms with van der Waals surface area (Å²) in [5.41, 5.74) is 0. The molecule has 2 amide bonds. The predicted octanol–water partition coefficient (Wildman–Crippen LogP) is 2.70. The number of halogens is 1. The molecule has 2 saturated heterocycles. The Morgan fingerprint density at radius 1 is 1.16 bits per heavy atom. The van der Waals surface area contributed by atoms with E-state index in [1.165, 1.54) is 11.8 Å². The van der Waals surface area contributed by atoms with E-state index in [0.717, 1.165) is 25.1 Å². The number of carbonyl (C=O) groups is 2.